The summed E-state index contributed by atoms with van der Waals surface area (Å²) in [6, 6.07) is 70.1. The lowest BCUT2D eigenvalue weighted by atomic mass is 9.97. The van der Waals surface area contributed by atoms with E-state index in [4.69, 9.17) is 19.4 Å². The molecule has 5 heteroatoms. The van der Waals surface area contributed by atoms with Crippen LogP contribution in [0.5, 0.6) is 0 Å². The molecule has 0 amide bonds. The first-order valence-corrected chi connectivity index (χ1v) is 20.9. The zero-order valence-electron chi connectivity index (χ0n) is 32.2. The van der Waals surface area contributed by atoms with Crippen molar-refractivity contribution < 1.29 is 4.42 Å². The summed E-state index contributed by atoms with van der Waals surface area (Å²) >= 11 is 1.86. The second-order valence-corrected chi connectivity index (χ2v) is 16.2. The average molecular weight is 784 g/mol. The molecule has 0 aliphatic rings. The first-order chi connectivity index (χ1) is 29.7. The molecular formula is C55H33N3OS. The van der Waals surface area contributed by atoms with Crippen molar-refractivity contribution in [3.05, 3.63) is 200 Å². The predicted molar refractivity (Wildman–Crippen MR) is 250 cm³/mol. The van der Waals surface area contributed by atoms with Gasteiger partial charge in [-0.2, -0.15) is 0 Å². The van der Waals surface area contributed by atoms with E-state index >= 15 is 0 Å². The van der Waals surface area contributed by atoms with Gasteiger partial charge in [0.15, 0.2) is 11.4 Å². The number of fused-ring (bicyclic) bond motifs is 8. The molecule has 4 aromatic heterocycles. The Morgan fingerprint density at radius 1 is 0.383 bits per heavy atom. The van der Waals surface area contributed by atoms with Crippen LogP contribution in [0.1, 0.15) is 0 Å². The van der Waals surface area contributed by atoms with Crippen LogP contribution in [0.15, 0.2) is 205 Å². The molecule has 0 aliphatic heterocycles. The van der Waals surface area contributed by atoms with Crippen LogP contribution in [0.4, 0.5) is 0 Å². The molecule has 280 valence electrons. The fraction of sp³-hybridized carbons (Fsp3) is 0. The smallest absolute Gasteiger partial charge is 0.162 e. The first-order valence-electron chi connectivity index (χ1n) is 20.1. The summed E-state index contributed by atoms with van der Waals surface area (Å²) in [5, 5.41) is 5.80. The maximum Gasteiger partial charge on any atom is 0.162 e. The Morgan fingerprint density at radius 2 is 0.983 bits per heavy atom. The van der Waals surface area contributed by atoms with E-state index < -0.39 is 0 Å². The Hall–Kier alpha value is -7.73. The molecule has 0 bridgehead atoms. The molecule has 0 fully saturated rings. The second kappa shape index (κ2) is 14.0. The summed E-state index contributed by atoms with van der Waals surface area (Å²) < 4.78 is 9.16. The molecule has 0 atom stereocenters. The Morgan fingerprint density at radius 3 is 1.80 bits per heavy atom. The SMILES string of the molecule is c1ccc(-c2cc(-c3ccc(-c4cccc5c4sc4ccccc45)cc3)nc(-c3cccc(-c4ccc5nc(-c6ccccc6)c6oc7ccccc7c6c5c4)c3)n2)cc1. The van der Waals surface area contributed by atoms with Crippen LogP contribution in [0.3, 0.4) is 0 Å². The summed E-state index contributed by atoms with van der Waals surface area (Å²) in [5.74, 6) is 0.672. The molecule has 0 N–H and O–H groups in total. The zero-order chi connectivity index (χ0) is 39.6. The van der Waals surface area contributed by atoms with Gasteiger partial charge in [0.25, 0.3) is 0 Å². The molecule has 12 rings (SSSR count). The van der Waals surface area contributed by atoms with Crippen LogP contribution in [-0.2, 0) is 0 Å². The van der Waals surface area contributed by atoms with Gasteiger partial charge in [0, 0.05) is 58.6 Å². The molecule has 0 unspecified atom stereocenters. The summed E-state index contributed by atoms with van der Waals surface area (Å²) in [6.45, 7) is 0. The largest absolute Gasteiger partial charge is 0.454 e. The highest BCUT2D eigenvalue weighted by atomic mass is 32.1. The van der Waals surface area contributed by atoms with E-state index in [2.05, 4.69) is 164 Å². The maximum absolute atomic E-state index is 6.54. The molecule has 0 spiro atoms. The van der Waals surface area contributed by atoms with E-state index in [1.165, 1.54) is 31.3 Å². The Labute approximate surface area is 349 Å². The van der Waals surface area contributed by atoms with E-state index in [-0.39, 0.29) is 0 Å². The van der Waals surface area contributed by atoms with E-state index in [1.807, 2.05) is 47.7 Å². The highest BCUT2D eigenvalue weighted by Gasteiger charge is 2.19. The summed E-state index contributed by atoms with van der Waals surface area (Å²) in [5.41, 5.74) is 13.8. The highest BCUT2D eigenvalue weighted by Crippen LogP contribution is 2.42. The Kier molecular flexibility index (Phi) is 8.00. The molecule has 0 saturated heterocycles. The molecule has 4 heterocycles. The Bertz CT molecular complexity index is 3590. The van der Waals surface area contributed by atoms with Gasteiger partial charge in [-0.3, -0.25) is 0 Å². The van der Waals surface area contributed by atoms with Gasteiger partial charge < -0.3 is 4.42 Å². The maximum atomic E-state index is 6.54. The summed E-state index contributed by atoms with van der Waals surface area (Å²) in [7, 11) is 0. The van der Waals surface area contributed by atoms with E-state index in [9.17, 15) is 0 Å². The van der Waals surface area contributed by atoms with E-state index in [0.29, 0.717) is 5.82 Å². The Balaban J connectivity index is 0.961. The number of para-hydroxylation sites is 1. The van der Waals surface area contributed by atoms with Gasteiger partial charge in [-0.25, -0.2) is 15.0 Å². The third-order valence-electron chi connectivity index (χ3n) is 11.5. The minimum absolute atomic E-state index is 0.672. The fourth-order valence-corrected chi connectivity index (χ4v) is 9.81. The summed E-state index contributed by atoms with van der Waals surface area (Å²) in [6.07, 6.45) is 0. The van der Waals surface area contributed by atoms with Gasteiger partial charge in [-0.1, -0.05) is 164 Å². The molecule has 0 radical (unpaired) electrons. The number of hydrogen-bond donors (Lipinski definition) is 0. The first kappa shape index (κ1) is 34.3. The van der Waals surface area contributed by atoms with Gasteiger partial charge in [0.1, 0.15) is 11.3 Å². The summed E-state index contributed by atoms with van der Waals surface area (Å²) in [4.78, 5) is 15.6. The normalized spacial score (nSPS) is 11.7. The number of hydrogen-bond acceptors (Lipinski definition) is 5. The monoisotopic (exact) mass is 783 g/mol. The molecule has 12 aromatic rings. The molecular weight excluding hydrogens is 751 g/mol. The van der Waals surface area contributed by atoms with E-state index in [0.717, 1.165) is 83.3 Å². The van der Waals surface area contributed by atoms with Gasteiger partial charge in [-0.05, 0) is 58.7 Å². The van der Waals surface area contributed by atoms with E-state index in [1.54, 1.807) is 0 Å². The van der Waals surface area contributed by atoms with Crippen LogP contribution in [0.2, 0.25) is 0 Å². The van der Waals surface area contributed by atoms with Crippen molar-refractivity contribution in [3.63, 3.8) is 0 Å². The number of pyridine rings is 1. The van der Waals surface area contributed by atoms with Crippen LogP contribution in [0.25, 0.3) is 120 Å². The molecule has 8 aromatic carbocycles. The van der Waals surface area contributed by atoms with Gasteiger partial charge in [0.2, 0.25) is 0 Å². The quantitative estimate of drug-likeness (QED) is 0.169. The van der Waals surface area contributed by atoms with Crippen molar-refractivity contribution in [1.82, 2.24) is 15.0 Å². The van der Waals surface area contributed by atoms with Crippen molar-refractivity contribution >= 4 is 64.4 Å². The third kappa shape index (κ3) is 5.78. The number of furan rings is 1. The molecule has 60 heavy (non-hydrogen) atoms. The zero-order valence-corrected chi connectivity index (χ0v) is 33.0. The number of rotatable bonds is 6. The van der Waals surface area contributed by atoms with Crippen molar-refractivity contribution in [2.24, 2.45) is 0 Å². The number of aromatic nitrogens is 3. The van der Waals surface area contributed by atoms with Gasteiger partial charge >= 0.3 is 0 Å². The molecule has 4 nitrogen and oxygen atoms in total. The lowest BCUT2D eigenvalue weighted by Crippen LogP contribution is -1.96. The van der Waals surface area contributed by atoms with Crippen LogP contribution >= 0.6 is 11.3 Å². The van der Waals surface area contributed by atoms with Gasteiger partial charge in [0.05, 0.1) is 16.9 Å². The lowest BCUT2D eigenvalue weighted by Gasteiger charge is -2.12. The third-order valence-corrected chi connectivity index (χ3v) is 12.7. The average Bonchev–Trinajstić information content (AvgIpc) is 3.91. The topological polar surface area (TPSA) is 51.8 Å². The second-order valence-electron chi connectivity index (χ2n) is 15.1. The lowest BCUT2D eigenvalue weighted by molar-refractivity contribution is 0.669. The highest BCUT2D eigenvalue weighted by molar-refractivity contribution is 7.26. The minimum Gasteiger partial charge on any atom is -0.454 e. The van der Waals surface area contributed by atoms with Crippen molar-refractivity contribution in [3.8, 4) is 67.4 Å². The number of nitrogens with zero attached hydrogens (tertiary/aromatic N) is 3. The number of benzene rings is 8. The van der Waals surface area contributed by atoms with Gasteiger partial charge in [-0.15, -0.1) is 11.3 Å². The molecule has 0 aliphatic carbocycles. The van der Waals surface area contributed by atoms with Crippen LogP contribution in [0, 0.1) is 0 Å². The van der Waals surface area contributed by atoms with Crippen molar-refractivity contribution in [2.45, 2.75) is 0 Å². The standard InChI is InChI=1S/C55H33N3OS/c1-3-13-35(14-4-1)47-33-48(36-27-25-34(26-28-36)41-21-12-22-43-42-19-8-10-24-50(42)60-54(41)43)58-55(57-47)40-18-11-17-38(31-40)39-29-30-46-45(32-39)51-44-20-7-9-23-49(44)59-53(51)52(56-46)37-15-5-2-6-16-37/h1-33H. The van der Waals surface area contributed by atoms with Crippen molar-refractivity contribution in [2.75, 3.05) is 0 Å². The fourth-order valence-electron chi connectivity index (χ4n) is 8.57. The number of thiophene rings is 1. The predicted octanol–water partition coefficient (Wildman–Crippen LogP) is 15.3. The van der Waals surface area contributed by atoms with Crippen LogP contribution in [-0.4, -0.2) is 15.0 Å². The molecule has 0 saturated carbocycles. The van der Waals surface area contributed by atoms with Crippen molar-refractivity contribution in [1.29, 1.82) is 0 Å². The van der Waals surface area contributed by atoms with Crippen LogP contribution < -0.4 is 0 Å². The minimum atomic E-state index is 0.672.